The summed E-state index contributed by atoms with van der Waals surface area (Å²) in [5, 5.41) is 4.03. The van der Waals surface area contributed by atoms with E-state index in [0.717, 1.165) is 16.8 Å². The minimum atomic E-state index is -1.24. The molecule has 2 fully saturated rings. The Morgan fingerprint density at radius 1 is 1.03 bits per heavy atom. The van der Waals surface area contributed by atoms with Gasteiger partial charge in [0.1, 0.15) is 5.54 Å². The lowest BCUT2D eigenvalue weighted by molar-refractivity contribution is -0.141. The quantitative estimate of drug-likeness (QED) is 0.770. The Kier molecular flexibility index (Phi) is 4.27. The summed E-state index contributed by atoms with van der Waals surface area (Å²) in [5.41, 5.74) is 1.09. The van der Waals surface area contributed by atoms with Gasteiger partial charge in [0.2, 0.25) is 11.8 Å². The minimum Gasteiger partial charge on any atom is -0.306 e. The fourth-order valence-electron chi connectivity index (χ4n) is 5.40. The number of likely N-dealkylation sites (tertiary alicyclic amines) is 1. The lowest BCUT2D eigenvalue weighted by atomic mass is 9.76. The fourth-order valence-corrected chi connectivity index (χ4v) is 5.59. The van der Waals surface area contributed by atoms with E-state index in [1.807, 2.05) is 49.4 Å². The van der Waals surface area contributed by atoms with E-state index in [0.29, 0.717) is 18.0 Å². The van der Waals surface area contributed by atoms with Crippen molar-refractivity contribution in [1.82, 2.24) is 10.2 Å². The van der Waals surface area contributed by atoms with Crippen molar-refractivity contribution < 1.29 is 14.4 Å². The van der Waals surface area contributed by atoms with E-state index in [2.05, 4.69) is 5.32 Å². The smallest absolute Gasteiger partial charge is 0.253 e. The Labute approximate surface area is 179 Å². The maximum absolute atomic E-state index is 14.0. The van der Waals surface area contributed by atoms with Gasteiger partial charge >= 0.3 is 0 Å². The van der Waals surface area contributed by atoms with E-state index in [1.165, 1.54) is 11.9 Å². The second-order valence-electron chi connectivity index (χ2n) is 8.21. The molecule has 154 valence electrons. The first-order valence-electron chi connectivity index (χ1n) is 10.2. The number of fused-ring (bicyclic) bond motifs is 4. The maximum Gasteiger partial charge on any atom is 0.253 e. The molecule has 4 atom stereocenters. The number of amides is 3. The number of para-hydroxylation sites is 1. The van der Waals surface area contributed by atoms with Gasteiger partial charge in [-0.2, -0.15) is 0 Å². The molecule has 2 saturated heterocycles. The number of anilines is 1. The van der Waals surface area contributed by atoms with Gasteiger partial charge in [0.15, 0.2) is 0 Å². The van der Waals surface area contributed by atoms with Crippen LogP contribution in [0.4, 0.5) is 5.69 Å². The van der Waals surface area contributed by atoms with Crippen molar-refractivity contribution in [2.75, 3.05) is 11.9 Å². The third-order valence-electron chi connectivity index (χ3n) is 6.81. The number of nitrogens with zero attached hydrogens (tertiary/aromatic N) is 2. The van der Waals surface area contributed by atoms with Gasteiger partial charge in [-0.3, -0.25) is 24.6 Å². The number of carbonyl (C=O) groups is 3. The minimum absolute atomic E-state index is 0.203. The summed E-state index contributed by atoms with van der Waals surface area (Å²) in [6, 6.07) is 14.7. The molecule has 3 heterocycles. The van der Waals surface area contributed by atoms with Crippen LogP contribution in [0.1, 0.15) is 24.5 Å². The van der Waals surface area contributed by atoms with Crippen molar-refractivity contribution in [2.24, 2.45) is 11.8 Å². The van der Waals surface area contributed by atoms with E-state index in [9.17, 15) is 14.4 Å². The molecule has 6 nitrogen and oxygen atoms in total. The highest BCUT2D eigenvalue weighted by Crippen LogP contribution is 2.55. The topological polar surface area (TPSA) is 69.7 Å². The highest BCUT2D eigenvalue weighted by molar-refractivity contribution is 6.31. The first-order chi connectivity index (χ1) is 14.4. The molecule has 2 aromatic rings. The normalized spacial score (nSPS) is 29.8. The molecule has 5 rings (SSSR count). The van der Waals surface area contributed by atoms with Crippen LogP contribution in [0.2, 0.25) is 5.02 Å². The number of halogens is 1. The average molecular weight is 424 g/mol. The summed E-state index contributed by atoms with van der Waals surface area (Å²) in [6.45, 7) is 2.27. The van der Waals surface area contributed by atoms with Gasteiger partial charge < -0.3 is 4.90 Å². The molecule has 3 amide bonds. The molecule has 0 radical (unpaired) electrons. The van der Waals surface area contributed by atoms with Crippen molar-refractivity contribution in [3.05, 3.63) is 64.7 Å². The highest BCUT2D eigenvalue weighted by atomic mass is 35.5. The largest absolute Gasteiger partial charge is 0.306 e. The number of hydrogen-bond donors (Lipinski definition) is 1. The van der Waals surface area contributed by atoms with Gasteiger partial charge in [0, 0.05) is 29.4 Å². The van der Waals surface area contributed by atoms with Gasteiger partial charge in [0.05, 0.1) is 18.4 Å². The van der Waals surface area contributed by atoms with Crippen molar-refractivity contribution in [3.63, 3.8) is 0 Å². The molecule has 7 heteroatoms. The average Bonchev–Trinajstić information content (AvgIpc) is 3.31. The van der Waals surface area contributed by atoms with Gasteiger partial charge in [-0.1, -0.05) is 54.9 Å². The van der Waals surface area contributed by atoms with Crippen LogP contribution in [0.5, 0.6) is 0 Å². The summed E-state index contributed by atoms with van der Waals surface area (Å²) in [5.74, 6) is -1.99. The first-order valence-corrected chi connectivity index (χ1v) is 10.5. The molecular formula is C23H22ClN3O3. The standard InChI is InChI=1S/C23H22ClN3O3/c1-3-16-18-19(21(29)26(2)20(18)28)23(25-16)14-9-5-7-11-17(14)27(22(23)30)12-13-8-4-6-10-15(13)24/h4-11,16,18-19,25H,3,12H2,1-2H3/t16-,18+,19+,23+/m1/s1. The van der Waals surface area contributed by atoms with E-state index >= 15 is 0 Å². The molecule has 1 spiro atoms. The van der Waals surface area contributed by atoms with Crippen LogP contribution in [-0.4, -0.2) is 35.7 Å². The predicted octanol–water partition coefficient (Wildman–Crippen LogP) is 2.69. The lowest BCUT2D eigenvalue weighted by Gasteiger charge is -2.30. The number of benzene rings is 2. The number of imide groups is 1. The highest BCUT2D eigenvalue weighted by Gasteiger charge is 2.70. The van der Waals surface area contributed by atoms with E-state index in [-0.39, 0.29) is 23.8 Å². The molecule has 1 N–H and O–H groups in total. The lowest BCUT2D eigenvalue weighted by Crippen LogP contribution is -2.54. The van der Waals surface area contributed by atoms with Gasteiger partial charge in [0.25, 0.3) is 5.91 Å². The number of carbonyl (C=O) groups excluding carboxylic acids is 3. The van der Waals surface area contributed by atoms with E-state index in [4.69, 9.17) is 11.6 Å². The zero-order valence-electron chi connectivity index (χ0n) is 16.8. The zero-order valence-corrected chi connectivity index (χ0v) is 17.5. The number of nitrogens with one attached hydrogen (secondary N) is 1. The molecule has 0 bridgehead atoms. The van der Waals surface area contributed by atoms with Crippen LogP contribution < -0.4 is 10.2 Å². The molecule has 0 aliphatic carbocycles. The van der Waals surface area contributed by atoms with Gasteiger partial charge in [-0.15, -0.1) is 0 Å². The fraction of sp³-hybridized carbons (Fsp3) is 0.348. The summed E-state index contributed by atoms with van der Waals surface area (Å²) in [4.78, 5) is 42.9. The van der Waals surface area contributed by atoms with Gasteiger partial charge in [-0.25, -0.2) is 0 Å². The third kappa shape index (κ3) is 2.32. The Hall–Kier alpha value is -2.70. The Morgan fingerprint density at radius 2 is 1.73 bits per heavy atom. The summed E-state index contributed by atoms with van der Waals surface area (Å²) < 4.78 is 0. The summed E-state index contributed by atoms with van der Waals surface area (Å²) in [7, 11) is 1.51. The predicted molar refractivity (Wildman–Crippen MR) is 113 cm³/mol. The van der Waals surface area contributed by atoms with Crippen LogP contribution in [0.15, 0.2) is 48.5 Å². The molecule has 0 aromatic heterocycles. The molecule has 3 aliphatic rings. The third-order valence-corrected chi connectivity index (χ3v) is 7.18. The summed E-state index contributed by atoms with van der Waals surface area (Å²) in [6.07, 6.45) is 0.649. The van der Waals surface area contributed by atoms with Crippen LogP contribution >= 0.6 is 11.6 Å². The molecule has 2 aromatic carbocycles. The maximum atomic E-state index is 14.0. The Bertz CT molecular complexity index is 1090. The van der Waals surface area contributed by atoms with Crippen molar-refractivity contribution >= 4 is 35.0 Å². The zero-order chi connectivity index (χ0) is 21.2. The molecule has 0 unspecified atom stereocenters. The molecule has 3 aliphatic heterocycles. The monoisotopic (exact) mass is 423 g/mol. The van der Waals surface area contributed by atoms with Gasteiger partial charge in [-0.05, 0) is 24.1 Å². The second kappa shape index (κ2) is 6.65. The van der Waals surface area contributed by atoms with Crippen LogP contribution in [0.25, 0.3) is 0 Å². The number of rotatable bonds is 3. The van der Waals surface area contributed by atoms with Crippen molar-refractivity contribution in [1.29, 1.82) is 0 Å². The Morgan fingerprint density at radius 3 is 2.47 bits per heavy atom. The van der Waals surface area contributed by atoms with Crippen LogP contribution in [0.3, 0.4) is 0 Å². The second-order valence-corrected chi connectivity index (χ2v) is 8.61. The number of hydrogen-bond acceptors (Lipinski definition) is 4. The molecule has 30 heavy (non-hydrogen) atoms. The Balaban J connectivity index is 1.66. The van der Waals surface area contributed by atoms with Crippen molar-refractivity contribution in [2.45, 2.75) is 31.5 Å². The van der Waals surface area contributed by atoms with Crippen LogP contribution in [-0.2, 0) is 26.5 Å². The molecule has 0 saturated carbocycles. The molecular weight excluding hydrogens is 402 g/mol. The van der Waals surface area contributed by atoms with E-state index < -0.39 is 17.4 Å². The summed E-state index contributed by atoms with van der Waals surface area (Å²) >= 11 is 6.37. The SMILES string of the molecule is CC[C@H]1N[C@]2(C(=O)N(Cc3ccccc3Cl)c3ccccc32)[C@@H]2C(=O)N(C)C(=O)[C@H]21. The van der Waals surface area contributed by atoms with Crippen molar-refractivity contribution in [3.8, 4) is 0 Å². The first kappa shape index (κ1) is 19.3. The van der Waals surface area contributed by atoms with Crippen LogP contribution in [0, 0.1) is 11.8 Å². The van der Waals surface area contributed by atoms with E-state index in [1.54, 1.807) is 11.0 Å².